The SMILES string of the molecule is CCC[N+](C)(C)CC.F[B-](F)(F)F. The van der Waals surface area contributed by atoms with Crippen molar-refractivity contribution in [3.8, 4) is 0 Å². The highest BCUT2D eigenvalue weighted by Gasteiger charge is 2.20. The van der Waals surface area contributed by atoms with E-state index < -0.39 is 7.25 Å². The average Bonchev–Trinajstić information content (AvgIpc) is 1.84. The highest BCUT2D eigenvalue weighted by Crippen LogP contribution is 2.06. The molecule has 0 spiro atoms. The van der Waals surface area contributed by atoms with Gasteiger partial charge in [-0.3, -0.25) is 0 Å². The Morgan fingerprint density at radius 3 is 1.38 bits per heavy atom. The van der Waals surface area contributed by atoms with Crippen molar-refractivity contribution >= 4 is 7.25 Å². The molecular weight excluding hydrogens is 185 g/mol. The van der Waals surface area contributed by atoms with Crippen LogP contribution in [-0.2, 0) is 0 Å². The predicted octanol–water partition coefficient (Wildman–Crippen LogP) is 2.79. The quantitative estimate of drug-likeness (QED) is 0.375. The van der Waals surface area contributed by atoms with Gasteiger partial charge in [0, 0.05) is 0 Å². The van der Waals surface area contributed by atoms with Gasteiger partial charge in [0.05, 0.1) is 27.2 Å². The van der Waals surface area contributed by atoms with Gasteiger partial charge in [0.15, 0.2) is 0 Å². The molecular formula is C7H18BF4N. The second-order valence-corrected chi connectivity index (χ2v) is 3.47. The van der Waals surface area contributed by atoms with Crippen LogP contribution < -0.4 is 0 Å². The molecule has 0 unspecified atom stereocenters. The molecule has 0 rings (SSSR count). The van der Waals surface area contributed by atoms with E-state index in [1.54, 1.807) is 0 Å². The molecule has 13 heavy (non-hydrogen) atoms. The Kier molecular flexibility index (Phi) is 7.31. The van der Waals surface area contributed by atoms with Gasteiger partial charge in [-0.05, 0) is 13.3 Å². The molecule has 0 radical (unpaired) electrons. The maximum absolute atomic E-state index is 9.75. The lowest BCUT2D eigenvalue weighted by atomic mass is 10.3. The number of halogens is 4. The average molecular weight is 203 g/mol. The van der Waals surface area contributed by atoms with Crippen molar-refractivity contribution in [2.45, 2.75) is 20.3 Å². The Balaban J connectivity index is 0. The fraction of sp³-hybridized carbons (Fsp3) is 1.00. The predicted molar refractivity (Wildman–Crippen MR) is 48.0 cm³/mol. The van der Waals surface area contributed by atoms with E-state index in [1.807, 2.05) is 0 Å². The van der Waals surface area contributed by atoms with Crippen LogP contribution in [0.2, 0.25) is 0 Å². The van der Waals surface area contributed by atoms with Crippen molar-refractivity contribution in [3.05, 3.63) is 0 Å². The largest absolute Gasteiger partial charge is 0.673 e. The molecule has 0 heterocycles. The third kappa shape index (κ3) is 24.5. The molecule has 6 heteroatoms. The van der Waals surface area contributed by atoms with E-state index in [9.17, 15) is 17.3 Å². The van der Waals surface area contributed by atoms with Gasteiger partial charge < -0.3 is 21.7 Å². The molecule has 0 amide bonds. The minimum Gasteiger partial charge on any atom is -0.418 e. The zero-order valence-corrected chi connectivity index (χ0v) is 8.66. The first-order valence-electron chi connectivity index (χ1n) is 4.31. The Morgan fingerprint density at radius 1 is 1.00 bits per heavy atom. The van der Waals surface area contributed by atoms with Crippen molar-refractivity contribution in [1.82, 2.24) is 0 Å². The molecule has 0 saturated heterocycles. The molecule has 0 aliphatic heterocycles. The molecule has 0 bridgehead atoms. The maximum Gasteiger partial charge on any atom is 0.673 e. The van der Waals surface area contributed by atoms with Crippen LogP contribution in [0.4, 0.5) is 17.3 Å². The highest BCUT2D eigenvalue weighted by molar-refractivity contribution is 6.50. The zero-order chi connectivity index (χ0) is 11.1. The van der Waals surface area contributed by atoms with Gasteiger partial charge in [0.25, 0.3) is 0 Å². The zero-order valence-electron chi connectivity index (χ0n) is 8.66. The summed E-state index contributed by atoms with van der Waals surface area (Å²) in [6.07, 6.45) is 1.29. The summed E-state index contributed by atoms with van der Waals surface area (Å²) >= 11 is 0. The van der Waals surface area contributed by atoms with E-state index in [1.165, 1.54) is 19.5 Å². The first-order chi connectivity index (χ1) is 5.62. The molecule has 0 aromatic carbocycles. The normalized spacial score (nSPS) is 12.0. The number of hydrogen-bond acceptors (Lipinski definition) is 0. The fourth-order valence-corrected chi connectivity index (χ4v) is 0.763. The van der Waals surface area contributed by atoms with Gasteiger partial charge in [-0.25, -0.2) is 0 Å². The van der Waals surface area contributed by atoms with Crippen molar-refractivity contribution in [3.63, 3.8) is 0 Å². The number of hydrogen-bond donors (Lipinski definition) is 0. The molecule has 0 aromatic rings. The van der Waals surface area contributed by atoms with Crippen molar-refractivity contribution < 1.29 is 21.7 Å². The summed E-state index contributed by atoms with van der Waals surface area (Å²) in [5, 5.41) is 0. The van der Waals surface area contributed by atoms with Crippen molar-refractivity contribution in [2.24, 2.45) is 0 Å². The summed E-state index contributed by atoms with van der Waals surface area (Å²) < 4.78 is 40.2. The Labute approximate surface area is 77.4 Å². The Morgan fingerprint density at radius 2 is 1.31 bits per heavy atom. The van der Waals surface area contributed by atoms with Crippen LogP contribution in [0, 0.1) is 0 Å². The van der Waals surface area contributed by atoms with Gasteiger partial charge in [-0.1, -0.05) is 6.92 Å². The van der Waals surface area contributed by atoms with E-state index >= 15 is 0 Å². The van der Waals surface area contributed by atoms with Crippen LogP contribution in [0.1, 0.15) is 20.3 Å². The minimum absolute atomic E-state index is 1.16. The first kappa shape index (κ1) is 15.2. The Hall–Kier alpha value is -0.255. The topological polar surface area (TPSA) is 0 Å². The number of rotatable bonds is 3. The molecule has 0 atom stereocenters. The van der Waals surface area contributed by atoms with E-state index in [0.29, 0.717) is 0 Å². The number of quaternary nitrogens is 1. The van der Waals surface area contributed by atoms with Crippen LogP contribution >= 0.6 is 0 Å². The van der Waals surface area contributed by atoms with Gasteiger partial charge in [0.2, 0.25) is 0 Å². The molecule has 82 valence electrons. The summed E-state index contributed by atoms with van der Waals surface area (Å²) in [6, 6.07) is 0. The molecule has 0 saturated carbocycles. The van der Waals surface area contributed by atoms with Gasteiger partial charge >= 0.3 is 7.25 Å². The van der Waals surface area contributed by atoms with Crippen LogP contribution in [0.25, 0.3) is 0 Å². The van der Waals surface area contributed by atoms with Crippen molar-refractivity contribution in [1.29, 1.82) is 0 Å². The second-order valence-electron chi connectivity index (χ2n) is 3.47. The minimum atomic E-state index is -6.00. The van der Waals surface area contributed by atoms with Crippen molar-refractivity contribution in [2.75, 3.05) is 27.2 Å². The standard InChI is InChI=1S/C7H18N.BF4/c1-5-7-8(3,4)6-2;2-1(3,4)5/h5-7H2,1-4H3;/q+1;-1. The molecule has 0 aliphatic rings. The summed E-state index contributed by atoms with van der Waals surface area (Å²) in [5.41, 5.74) is 0. The monoisotopic (exact) mass is 203 g/mol. The van der Waals surface area contributed by atoms with Crippen LogP contribution in [0.15, 0.2) is 0 Å². The van der Waals surface area contributed by atoms with Crippen LogP contribution in [-0.4, -0.2) is 38.9 Å². The summed E-state index contributed by atoms with van der Waals surface area (Å²) in [4.78, 5) is 0. The lowest BCUT2D eigenvalue weighted by molar-refractivity contribution is -0.888. The Bertz CT molecular complexity index is 118. The lowest BCUT2D eigenvalue weighted by Crippen LogP contribution is -2.39. The summed E-state index contributed by atoms with van der Waals surface area (Å²) in [5.74, 6) is 0. The van der Waals surface area contributed by atoms with E-state index in [-0.39, 0.29) is 0 Å². The fourth-order valence-electron chi connectivity index (χ4n) is 0.763. The second kappa shape index (κ2) is 6.24. The molecule has 1 nitrogen and oxygen atoms in total. The molecule has 0 aromatic heterocycles. The third-order valence-corrected chi connectivity index (χ3v) is 1.68. The maximum atomic E-state index is 9.75. The summed E-state index contributed by atoms with van der Waals surface area (Å²) in [6.45, 7) is 7.01. The number of nitrogens with zero attached hydrogens (tertiary/aromatic N) is 1. The van der Waals surface area contributed by atoms with E-state index in [2.05, 4.69) is 27.9 Å². The van der Waals surface area contributed by atoms with Crippen LogP contribution in [0.5, 0.6) is 0 Å². The smallest absolute Gasteiger partial charge is 0.418 e. The summed E-state index contributed by atoms with van der Waals surface area (Å²) in [7, 11) is -1.47. The lowest BCUT2D eigenvalue weighted by Gasteiger charge is -2.27. The molecule has 0 aliphatic carbocycles. The van der Waals surface area contributed by atoms with E-state index in [0.717, 1.165) is 4.48 Å². The van der Waals surface area contributed by atoms with Crippen LogP contribution in [0.3, 0.4) is 0 Å². The third-order valence-electron chi connectivity index (χ3n) is 1.68. The molecule has 0 N–H and O–H groups in total. The van der Waals surface area contributed by atoms with Gasteiger partial charge in [-0.2, -0.15) is 0 Å². The molecule has 0 fully saturated rings. The highest BCUT2D eigenvalue weighted by atomic mass is 19.5. The van der Waals surface area contributed by atoms with E-state index in [4.69, 9.17) is 0 Å². The first-order valence-corrected chi connectivity index (χ1v) is 4.31. The van der Waals surface area contributed by atoms with Gasteiger partial charge in [0.1, 0.15) is 0 Å². The van der Waals surface area contributed by atoms with Gasteiger partial charge in [-0.15, -0.1) is 0 Å².